The van der Waals surface area contributed by atoms with E-state index in [4.69, 9.17) is 4.52 Å². The zero-order valence-electron chi connectivity index (χ0n) is 14.1. The van der Waals surface area contributed by atoms with E-state index in [1.54, 1.807) is 6.07 Å². The molecule has 0 saturated carbocycles. The van der Waals surface area contributed by atoms with Crippen LogP contribution in [-0.2, 0) is 25.8 Å². The number of nitrogens with one attached hydrogen (secondary N) is 1. The van der Waals surface area contributed by atoms with Gasteiger partial charge in [0.2, 0.25) is 11.7 Å². The molecule has 1 aliphatic carbocycles. The highest BCUT2D eigenvalue weighted by atomic mass is 16.5. The van der Waals surface area contributed by atoms with E-state index in [1.165, 1.54) is 11.3 Å². The molecule has 0 fully saturated rings. The number of hydrogen-bond donors (Lipinski definition) is 1. The van der Waals surface area contributed by atoms with Crippen molar-refractivity contribution in [2.45, 2.75) is 51.5 Å². The lowest BCUT2D eigenvalue weighted by Gasteiger charge is -2.17. The number of aryl methyl sites for hydroxylation is 2. The summed E-state index contributed by atoms with van der Waals surface area (Å²) in [6.45, 7) is 2.93. The predicted octanol–water partition coefficient (Wildman–Crippen LogP) is 2.15. The predicted molar refractivity (Wildman–Crippen MR) is 90.4 cm³/mol. The smallest absolute Gasteiger partial charge is 0.230 e. The van der Waals surface area contributed by atoms with Crippen molar-refractivity contribution in [3.05, 3.63) is 51.0 Å². The molecule has 0 amide bonds. The summed E-state index contributed by atoms with van der Waals surface area (Å²) in [5.74, 6) is 1.25. The maximum Gasteiger partial charge on any atom is 0.230 e. The third-order valence-electron chi connectivity index (χ3n) is 5.45. The maximum atomic E-state index is 12.6. The van der Waals surface area contributed by atoms with Crippen LogP contribution in [0.5, 0.6) is 0 Å². The molecule has 5 rings (SSSR count). The third-order valence-corrected chi connectivity index (χ3v) is 5.45. The molecular formula is C18H19N5O2. The van der Waals surface area contributed by atoms with Crippen LogP contribution in [0.1, 0.15) is 47.3 Å². The first-order valence-corrected chi connectivity index (χ1v) is 8.79. The Morgan fingerprint density at radius 2 is 2.28 bits per heavy atom. The molecule has 4 heterocycles. The van der Waals surface area contributed by atoms with Crippen molar-refractivity contribution in [1.29, 1.82) is 0 Å². The molecule has 1 N–H and O–H groups in total. The summed E-state index contributed by atoms with van der Waals surface area (Å²) in [7, 11) is 0. The Bertz CT molecular complexity index is 1010. The highest BCUT2D eigenvalue weighted by Crippen LogP contribution is 2.32. The number of nitrogens with zero attached hydrogens (tertiary/aromatic N) is 4. The molecular weight excluding hydrogens is 318 g/mol. The fourth-order valence-corrected chi connectivity index (χ4v) is 4.17. The Labute approximate surface area is 144 Å². The molecule has 0 bridgehead atoms. The van der Waals surface area contributed by atoms with Gasteiger partial charge in [-0.1, -0.05) is 5.16 Å². The molecule has 0 radical (unpaired) electrons. The molecule has 3 aromatic heterocycles. The van der Waals surface area contributed by atoms with E-state index in [-0.39, 0.29) is 11.3 Å². The quantitative estimate of drug-likeness (QED) is 0.774. The lowest BCUT2D eigenvalue weighted by molar-refractivity contribution is 0.340. The second-order valence-corrected chi connectivity index (χ2v) is 7.00. The number of pyridine rings is 1. The molecule has 7 heteroatoms. The van der Waals surface area contributed by atoms with E-state index in [0.717, 1.165) is 50.0 Å². The first-order chi connectivity index (χ1) is 12.2. The van der Waals surface area contributed by atoms with Crippen molar-refractivity contribution in [1.82, 2.24) is 24.9 Å². The number of H-pyrrole nitrogens is 1. The van der Waals surface area contributed by atoms with E-state index < -0.39 is 0 Å². The van der Waals surface area contributed by atoms with Gasteiger partial charge in [0.05, 0.1) is 11.8 Å². The average Bonchev–Trinajstić information content (AvgIpc) is 3.34. The molecule has 0 aromatic carbocycles. The van der Waals surface area contributed by atoms with Crippen LogP contribution in [0.2, 0.25) is 0 Å². The lowest BCUT2D eigenvalue weighted by Crippen LogP contribution is -2.15. The Morgan fingerprint density at radius 1 is 1.36 bits per heavy atom. The van der Waals surface area contributed by atoms with Crippen molar-refractivity contribution in [2.75, 3.05) is 0 Å². The second-order valence-electron chi connectivity index (χ2n) is 7.00. The van der Waals surface area contributed by atoms with Gasteiger partial charge in [-0.05, 0) is 44.6 Å². The second kappa shape index (κ2) is 5.40. The summed E-state index contributed by atoms with van der Waals surface area (Å²) in [6, 6.07) is 1.68. The molecule has 25 heavy (non-hydrogen) atoms. The van der Waals surface area contributed by atoms with Crippen LogP contribution >= 0.6 is 0 Å². The zero-order chi connectivity index (χ0) is 17.0. The first-order valence-electron chi connectivity index (χ1n) is 8.79. The van der Waals surface area contributed by atoms with Gasteiger partial charge in [-0.25, -0.2) is 0 Å². The number of rotatable bonds is 2. The van der Waals surface area contributed by atoms with Gasteiger partial charge in [-0.2, -0.15) is 10.1 Å². The first kappa shape index (κ1) is 14.6. The van der Waals surface area contributed by atoms with Crippen molar-refractivity contribution in [2.24, 2.45) is 0 Å². The Balaban J connectivity index is 1.52. The van der Waals surface area contributed by atoms with Crippen LogP contribution in [0.4, 0.5) is 0 Å². The summed E-state index contributed by atoms with van der Waals surface area (Å²) >= 11 is 0. The van der Waals surface area contributed by atoms with Crippen LogP contribution in [0.3, 0.4) is 0 Å². The van der Waals surface area contributed by atoms with E-state index in [1.807, 2.05) is 13.1 Å². The molecule has 0 spiro atoms. The Hall–Kier alpha value is -2.70. The minimum absolute atomic E-state index is 0.0150. The van der Waals surface area contributed by atoms with Gasteiger partial charge in [0.1, 0.15) is 0 Å². The van der Waals surface area contributed by atoms with Crippen LogP contribution in [0.15, 0.2) is 21.6 Å². The zero-order valence-corrected chi connectivity index (χ0v) is 14.1. The summed E-state index contributed by atoms with van der Waals surface area (Å²) in [5.41, 5.74) is 5.05. The van der Waals surface area contributed by atoms with Crippen molar-refractivity contribution < 1.29 is 4.52 Å². The van der Waals surface area contributed by atoms with Crippen LogP contribution in [0, 0.1) is 6.92 Å². The summed E-state index contributed by atoms with van der Waals surface area (Å²) in [4.78, 5) is 17.2. The van der Waals surface area contributed by atoms with E-state index in [0.29, 0.717) is 17.3 Å². The molecule has 7 nitrogen and oxygen atoms in total. The van der Waals surface area contributed by atoms with E-state index in [2.05, 4.69) is 24.9 Å². The molecule has 3 aromatic rings. The molecule has 1 unspecified atom stereocenters. The maximum absolute atomic E-state index is 12.6. The normalized spacial score (nSPS) is 19.0. The van der Waals surface area contributed by atoms with Gasteiger partial charge in [0.15, 0.2) is 5.43 Å². The van der Waals surface area contributed by atoms with E-state index in [9.17, 15) is 4.79 Å². The largest absolute Gasteiger partial charge is 0.348 e. The highest BCUT2D eigenvalue weighted by molar-refractivity contribution is 5.59. The van der Waals surface area contributed by atoms with Crippen LogP contribution in [-0.4, -0.2) is 24.9 Å². The average molecular weight is 337 g/mol. The van der Waals surface area contributed by atoms with Crippen molar-refractivity contribution in [3.63, 3.8) is 0 Å². The monoisotopic (exact) mass is 337 g/mol. The van der Waals surface area contributed by atoms with Crippen LogP contribution in [0.25, 0.3) is 11.4 Å². The minimum Gasteiger partial charge on any atom is -0.348 e. The van der Waals surface area contributed by atoms with Gasteiger partial charge in [0.25, 0.3) is 0 Å². The van der Waals surface area contributed by atoms with Gasteiger partial charge in [0, 0.05) is 35.6 Å². The molecule has 2 aliphatic rings. The lowest BCUT2D eigenvalue weighted by atomic mass is 9.88. The Kier molecular flexibility index (Phi) is 3.16. The van der Waals surface area contributed by atoms with Gasteiger partial charge >= 0.3 is 0 Å². The summed E-state index contributed by atoms with van der Waals surface area (Å²) < 4.78 is 7.75. The SMILES string of the molecule is Cc1cc(=O)c(-c2noc(C3CCc4[nH]ncc4C3)n2)c2n1CCC2. The Morgan fingerprint density at radius 3 is 3.20 bits per heavy atom. The fraction of sp³-hybridized carbons (Fsp3) is 0.444. The van der Waals surface area contributed by atoms with E-state index >= 15 is 0 Å². The third kappa shape index (κ3) is 2.26. The topological polar surface area (TPSA) is 89.6 Å². The highest BCUT2D eigenvalue weighted by Gasteiger charge is 2.28. The number of aromatic nitrogens is 5. The molecule has 1 atom stereocenters. The fourth-order valence-electron chi connectivity index (χ4n) is 4.17. The van der Waals surface area contributed by atoms with Gasteiger partial charge in [-0.15, -0.1) is 0 Å². The van der Waals surface area contributed by atoms with Gasteiger partial charge < -0.3 is 9.09 Å². The summed E-state index contributed by atoms with van der Waals surface area (Å²) in [6.07, 6.45) is 6.53. The molecule has 0 saturated heterocycles. The molecule has 128 valence electrons. The van der Waals surface area contributed by atoms with Crippen molar-refractivity contribution in [3.8, 4) is 11.4 Å². The number of aromatic amines is 1. The summed E-state index contributed by atoms with van der Waals surface area (Å²) in [5, 5.41) is 11.3. The number of hydrogen-bond acceptors (Lipinski definition) is 5. The van der Waals surface area contributed by atoms with Crippen LogP contribution < -0.4 is 5.43 Å². The number of fused-ring (bicyclic) bond motifs is 2. The van der Waals surface area contributed by atoms with Gasteiger partial charge in [-0.3, -0.25) is 9.89 Å². The standard InChI is InChI=1S/C18H19N5O2/c1-10-7-15(24)16(14-3-2-6-23(10)14)17-20-18(25-22-17)11-4-5-13-12(8-11)9-19-21-13/h7,9,11H,2-6,8H2,1H3,(H,19,21). The minimum atomic E-state index is -0.0150. The van der Waals surface area contributed by atoms with Crippen molar-refractivity contribution >= 4 is 0 Å². The molecule has 1 aliphatic heterocycles.